The molecule has 0 spiro atoms. The Balaban J connectivity index is 3.23. The summed E-state index contributed by atoms with van der Waals surface area (Å²) in [5.41, 5.74) is 8.06. The molecule has 0 saturated heterocycles. The predicted molar refractivity (Wildman–Crippen MR) is 74.4 cm³/mol. The van der Waals surface area contributed by atoms with Gasteiger partial charge in [0.2, 0.25) is 0 Å². The first-order chi connectivity index (χ1) is 7.75. The largest absolute Gasteiger partial charge is 0.357 e. The highest BCUT2D eigenvalue weighted by Crippen LogP contribution is 2.25. The molecule has 0 aliphatic rings. The summed E-state index contributed by atoms with van der Waals surface area (Å²) < 4.78 is 0. The van der Waals surface area contributed by atoms with Crippen molar-refractivity contribution in [2.75, 3.05) is 11.9 Å². The number of nitrogens with two attached hydrogens (primary N) is 1. The number of hydrogen-bond donors (Lipinski definition) is 1. The zero-order chi connectivity index (χ0) is 13.2. The molecule has 3 heteroatoms. The summed E-state index contributed by atoms with van der Waals surface area (Å²) in [7, 11) is 2.07. The molecule has 1 heterocycles. The van der Waals surface area contributed by atoms with E-state index in [-0.39, 0.29) is 5.41 Å². The zero-order valence-electron chi connectivity index (χ0n) is 11.9. The van der Waals surface area contributed by atoms with Gasteiger partial charge in [-0.1, -0.05) is 20.8 Å². The lowest BCUT2D eigenvalue weighted by Crippen LogP contribution is -2.28. The van der Waals surface area contributed by atoms with Gasteiger partial charge in [-0.05, 0) is 31.5 Å². The number of anilines is 1. The molecule has 0 radical (unpaired) electrons. The van der Waals surface area contributed by atoms with Gasteiger partial charge in [-0.3, -0.25) is 0 Å². The van der Waals surface area contributed by atoms with E-state index >= 15 is 0 Å². The Morgan fingerprint density at radius 2 is 1.88 bits per heavy atom. The van der Waals surface area contributed by atoms with E-state index in [4.69, 9.17) is 10.7 Å². The first-order valence-electron chi connectivity index (χ1n) is 6.20. The van der Waals surface area contributed by atoms with Crippen molar-refractivity contribution in [1.29, 1.82) is 0 Å². The summed E-state index contributed by atoms with van der Waals surface area (Å²) in [4.78, 5) is 6.92. The Hall–Kier alpha value is -1.09. The second-order valence-corrected chi connectivity index (χ2v) is 5.88. The van der Waals surface area contributed by atoms with E-state index in [1.54, 1.807) is 0 Å². The molecule has 17 heavy (non-hydrogen) atoms. The third-order valence-corrected chi connectivity index (χ3v) is 3.01. The van der Waals surface area contributed by atoms with E-state index in [1.807, 2.05) is 0 Å². The van der Waals surface area contributed by atoms with Crippen molar-refractivity contribution < 1.29 is 0 Å². The van der Waals surface area contributed by atoms with Crippen LogP contribution in [-0.4, -0.2) is 18.1 Å². The molecule has 0 aliphatic carbocycles. The highest BCUT2D eigenvalue weighted by atomic mass is 15.2. The van der Waals surface area contributed by atoms with Crippen LogP contribution in [0.15, 0.2) is 12.1 Å². The first-order valence-corrected chi connectivity index (χ1v) is 6.20. The van der Waals surface area contributed by atoms with Gasteiger partial charge in [0.25, 0.3) is 0 Å². The highest BCUT2D eigenvalue weighted by Gasteiger charge is 2.18. The summed E-state index contributed by atoms with van der Waals surface area (Å²) in [6, 6.07) is 4.62. The first kappa shape index (κ1) is 14.0. The molecule has 1 rings (SSSR count). The second-order valence-electron chi connectivity index (χ2n) is 5.88. The maximum absolute atomic E-state index is 5.76. The minimum absolute atomic E-state index is 0.0533. The lowest BCUT2D eigenvalue weighted by atomic mass is 9.90. The summed E-state index contributed by atoms with van der Waals surface area (Å²) in [6.07, 6.45) is 0. The molecular weight excluding hydrogens is 210 g/mol. The van der Waals surface area contributed by atoms with Crippen molar-refractivity contribution >= 4 is 5.82 Å². The van der Waals surface area contributed by atoms with E-state index in [1.165, 1.54) is 0 Å². The fourth-order valence-corrected chi connectivity index (χ4v) is 1.52. The van der Waals surface area contributed by atoms with Crippen molar-refractivity contribution in [3.8, 4) is 0 Å². The van der Waals surface area contributed by atoms with Crippen LogP contribution in [0.1, 0.15) is 45.9 Å². The van der Waals surface area contributed by atoms with Gasteiger partial charge in [0, 0.05) is 30.7 Å². The van der Waals surface area contributed by atoms with Crippen molar-refractivity contribution in [3.05, 3.63) is 23.4 Å². The quantitative estimate of drug-likeness (QED) is 0.876. The Morgan fingerprint density at radius 1 is 1.29 bits per heavy atom. The lowest BCUT2D eigenvalue weighted by Gasteiger charge is -2.26. The van der Waals surface area contributed by atoms with Gasteiger partial charge in [0.1, 0.15) is 5.82 Å². The minimum Gasteiger partial charge on any atom is -0.357 e. The Bertz CT molecular complexity index is 378. The third kappa shape index (κ3) is 3.43. The van der Waals surface area contributed by atoms with Gasteiger partial charge in [-0.2, -0.15) is 0 Å². The molecule has 0 aliphatic heterocycles. The van der Waals surface area contributed by atoms with Crippen LogP contribution in [0.25, 0.3) is 0 Å². The monoisotopic (exact) mass is 235 g/mol. The number of hydrogen-bond acceptors (Lipinski definition) is 3. The van der Waals surface area contributed by atoms with Gasteiger partial charge < -0.3 is 10.6 Å². The Labute approximate surface area is 105 Å². The van der Waals surface area contributed by atoms with E-state index in [9.17, 15) is 0 Å². The molecule has 2 N–H and O–H groups in total. The maximum Gasteiger partial charge on any atom is 0.129 e. The van der Waals surface area contributed by atoms with Crippen LogP contribution < -0.4 is 10.6 Å². The molecule has 0 fully saturated rings. The average molecular weight is 235 g/mol. The van der Waals surface area contributed by atoms with Crippen molar-refractivity contribution in [1.82, 2.24) is 4.98 Å². The standard InChI is InChI=1S/C14H25N3/c1-10(2)17(6)13-8-11(9-15)7-12(16-13)14(3,4)5/h7-8,10H,9,15H2,1-6H3. The predicted octanol–water partition coefficient (Wildman–Crippen LogP) is 2.68. The van der Waals surface area contributed by atoms with Crippen LogP contribution in [0.5, 0.6) is 0 Å². The molecule has 1 aromatic heterocycles. The highest BCUT2D eigenvalue weighted by molar-refractivity contribution is 5.43. The molecule has 96 valence electrons. The summed E-state index contributed by atoms with van der Waals surface area (Å²) >= 11 is 0. The molecule has 0 atom stereocenters. The number of pyridine rings is 1. The summed E-state index contributed by atoms with van der Waals surface area (Å²) in [6.45, 7) is 11.4. The maximum atomic E-state index is 5.76. The minimum atomic E-state index is 0.0533. The van der Waals surface area contributed by atoms with E-state index in [2.05, 4.69) is 58.7 Å². The average Bonchev–Trinajstić information content (AvgIpc) is 2.26. The summed E-state index contributed by atoms with van der Waals surface area (Å²) in [5.74, 6) is 1.01. The Morgan fingerprint density at radius 3 is 2.29 bits per heavy atom. The topological polar surface area (TPSA) is 42.1 Å². The lowest BCUT2D eigenvalue weighted by molar-refractivity contribution is 0.566. The molecular formula is C14H25N3. The van der Waals surface area contributed by atoms with Crippen LogP contribution >= 0.6 is 0 Å². The van der Waals surface area contributed by atoms with Crippen LogP contribution in [0.4, 0.5) is 5.82 Å². The SMILES string of the molecule is CC(C)N(C)c1cc(CN)cc(C(C)(C)C)n1. The second kappa shape index (κ2) is 5.05. The van der Waals surface area contributed by atoms with Gasteiger partial charge in [0.15, 0.2) is 0 Å². The zero-order valence-corrected chi connectivity index (χ0v) is 11.9. The number of nitrogens with zero attached hydrogens (tertiary/aromatic N) is 2. The molecule has 1 aromatic rings. The van der Waals surface area contributed by atoms with Gasteiger partial charge >= 0.3 is 0 Å². The van der Waals surface area contributed by atoms with E-state index in [0.29, 0.717) is 12.6 Å². The number of aromatic nitrogens is 1. The molecule has 3 nitrogen and oxygen atoms in total. The normalized spacial score (nSPS) is 12.0. The van der Waals surface area contributed by atoms with Crippen molar-refractivity contribution in [2.45, 2.75) is 52.6 Å². The molecule has 0 bridgehead atoms. The van der Waals surface area contributed by atoms with Gasteiger partial charge in [0.05, 0.1) is 0 Å². The molecule has 0 amide bonds. The van der Waals surface area contributed by atoms with Crippen LogP contribution in [-0.2, 0) is 12.0 Å². The third-order valence-electron chi connectivity index (χ3n) is 3.01. The fourth-order valence-electron chi connectivity index (χ4n) is 1.52. The van der Waals surface area contributed by atoms with E-state index < -0.39 is 0 Å². The van der Waals surface area contributed by atoms with Crippen molar-refractivity contribution in [3.63, 3.8) is 0 Å². The van der Waals surface area contributed by atoms with Crippen LogP contribution in [0.3, 0.4) is 0 Å². The summed E-state index contributed by atoms with van der Waals surface area (Å²) in [5, 5.41) is 0. The van der Waals surface area contributed by atoms with Crippen LogP contribution in [0.2, 0.25) is 0 Å². The molecule has 0 unspecified atom stereocenters. The smallest absolute Gasteiger partial charge is 0.129 e. The molecule has 0 aromatic carbocycles. The fraction of sp³-hybridized carbons (Fsp3) is 0.643. The van der Waals surface area contributed by atoms with Gasteiger partial charge in [-0.15, -0.1) is 0 Å². The van der Waals surface area contributed by atoms with Gasteiger partial charge in [-0.25, -0.2) is 4.98 Å². The van der Waals surface area contributed by atoms with Crippen LogP contribution in [0, 0.1) is 0 Å². The molecule has 0 saturated carbocycles. The van der Waals surface area contributed by atoms with E-state index in [0.717, 1.165) is 17.1 Å². The van der Waals surface area contributed by atoms with Crippen molar-refractivity contribution in [2.24, 2.45) is 5.73 Å². The Kier molecular flexibility index (Phi) is 4.15. The number of rotatable bonds is 3.